The highest BCUT2D eigenvalue weighted by Gasteiger charge is 2.30. The summed E-state index contributed by atoms with van der Waals surface area (Å²) >= 11 is 24.0. The third-order valence-electron chi connectivity index (χ3n) is 12.8. The summed E-state index contributed by atoms with van der Waals surface area (Å²) < 4.78 is 53.6. The van der Waals surface area contributed by atoms with Crippen LogP contribution in [0.1, 0.15) is 58.2 Å². The van der Waals surface area contributed by atoms with Crippen molar-refractivity contribution < 1.29 is 32.2 Å². The van der Waals surface area contributed by atoms with Crippen LogP contribution in [0.25, 0.3) is 67.3 Å². The summed E-state index contributed by atoms with van der Waals surface area (Å²) in [7, 11) is 0. The minimum atomic E-state index is -0.765. The number of carbonyl (C=O) groups excluding carboxylic acids is 2. The van der Waals surface area contributed by atoms with Crippen LogP contribution in [0.3, 0.4) is 0 Å². The lowest BCUT2D eigenvalue weighted by Crippen LogP contribution is -2.35. The van der Waals surface area contributed by atoms with E-state index in [0.29, 0.717) is 48.6 Å². The molecule has 12 rings (SSSR count). The average molecular weight is 1330 g/mol. The second kappa shape index (κ2) is 29.4. The van der Waals surface area contributed by atoms with E-state index in [1.165, 1.54) is 59.5 Å². The van der Waals surface area contributed by atoms with Crippen LogP contribution in [0.4, 0.5) is 51.5 Å². The summed E-state index contributed by atoms with van der Waals surface area (Å²) in [5, 5.41) is 9.14. The Balaban J connectivity index is 0.000000152. The molecule has 0 saturated carbocycles. The molecule has 0 atom stereocenters. The molecule has 0 fully saturated rings. The van der Waals surface area contributed by atoms with Crippen LogP contribution in [-0.2, 0) is 9.47 Å². The smallest absolute Gasteiger partial charge is 0.420 e. The molecule has 2 N–H and O–H groups in total. The van der Waals surface area contributed by atoms with Gasteiger partial charge in [-0.1, -0.05) is 46.4 Å². The number of aryl methyl sites for hydroxylation is 3. The molecule has 2 amide bonds. The number of anilines is 5. The molecule has 9 heterocycles. The maximum atomic E-state index is 14.7. The zero-order chi connectivity index (χ0) is 66.7. The van der Waals surface area contributed by atoms with Crippen LogP contribution >= 0.6 is 46.4 Å². The number of carbonyl (C=O) groups is 2. The Bertz CT molecular complexity index is 4740. The zero-order valence-electron chi connectivity index (χ0n) is 51.2. The number of nitrogens with zero attached hydrogens (tertiary/aromatic N) is 13. The summed E-state index contributed by atoms with van der Waals surface area (Å²) in [6, 6.07) is 28.4. The maximum absolute atomic E-state index is 14.7. The number of hydrogen-bond donors (Lipinski definition) is 2. The molecule has 0 unspecified atom stereocenters. The number of amides is 2. The fourth-order valence-electron chi connectivity index (χ4n) is 8.56. The van der Waals surface area contributed by atoms with E-state index in [1.54, 1.807) is 119 Å². The highest BCUT2D eigenvalue weighted by molar-refractivity contribution is 6.34. The number of rotatable bonds is 8. The summed E-state index contributed by atoms with van der Waals surface area (Å²) in [5.41, 5.74) is 5.09. The van der Waals surface area contributed by atoms with Gasteiger partial charge in [0.25, 0.3) is 0 Å². The maximum Gasteiger partial charge on any atom is 0.420 e. The first-order valence-corrected chi connectivity index (χ1v) is 29.7. The van der Waals surface area contributed by atoms with Crippen LogP contribution in [0, 0.1) is 38.2 Å². The van der Waals surface area contributed by atoms with Gasteiger partial charge in [-0.05, 0) is 188 Å². The molecule has 12 aromatic rings. The fraction of sp³-hybridized carbons (Fsp3) is 0.164. The quantitative estimate of drug-likeness (QED) is 0.135. The number of benzene rings is 3. The number of nitrogens with one attached hydrogen (secondary N) is 2. The third kappa shape index (κ3) is 17.5. The van der Waals surface area contributed by atoms with Crippen LogP contribution in [0.2, 0.25) is 20.2 Å². The molecular weight excluding hydrogens is 1280 g/mol. The lowest BCUT2D eigenvalue weighted by atomic mass is 10.1. The van der Waals surface area contributed by atoms with E-state index < -0.39 is 40.8 Å². The Hall–Kier alpha value is -10.1. The van der Waals surface area contributed by atoms with Gasteiger partial charge in [0.1, 0.15) is 39.6 Å². The largest absolute Gasteiger partial charge is 0.444 e. The predicted octanol–water partition coefficient (Wildman–Crippen LogP) is 18.1. The molecule has 93 heavy (non-hydrogen) atoms. The summed E-state index contributed by atoms with van der Waals surface area (Å²) in [6.45, 7) is 16.4. The molecule has 26 heteroatoms. The fourth-order valence-corrected chi connectivity index (χ4v) is 9.30. The van der Waals surface area contributed by atoms with E-state index in [9.17, 15) is 22.8 Å². The molecule has 0 radical (unpaired) electrons. The summed E-state index contributed by atoms with van der Waals surface area (Å²) in [4.78, 5) is 77.3. The van der Waals surface area contributed by atoms with Crippen LogP contribution in [0.15, 0.2) is 165 Å². The SMILES string of the molecule is Cc1cnccc1N(C(=O)OC(C)(C)C)c1nc(-c2cc(Cl)ccc2F)nc2ncccc12.Cc1cnccc1NC(=O)OC(C)(C)C.Cc1cnccc1Nc1nc(-c2cc(Cl)ccc2F)nc2ncccc12.Fc1ccc(Cl)cc1-c1nc(Cl)c2cccnc2n1. The Morgan fingerprint density at radius 2 is 0.903 bits per heavy atom. The van der Waals surface area contributed by atoms with E-state index in [1.807, 2.05) is 53.7 Å². The number of hydrogen-bond acceptors (Lipinski definition) is 17. The molecule has 9 aromatic heterocycles. The van der Waals surface area contributed by atoms with Gasteiger partial charge in [0.15, 0.2) is 40.2 Å². The number of ether oxygens (including phenoxy) is 2. The van der Waals surface area contributed by atoms with Crippen molar-refractivity contribution in [3.05, 3.63) is 219 Å². The monoisotopic (exact) mass is 1330 g/mol. The second-order valence-electron chi connectivity index (χ2n) is 22.2. The van der Waals surface area contributed by atoms with Crippen molar-refractivity contribution in [1.82, 2.24) is 59.8 Å². The number of halogens is 7. The van der Waals surface area contributed by atoms with Gasteiger partial charge in [0.2, 0.25) is 0 Å². The second-order valence-corrected chi connectivity index (χ2v) is 23.9. The van der Waals surface area contributed by atoms with Gasteiger partial charge in [-0.25, -0.2) is 72.5 Å². The van der Waals surface area contributed by atoms with Crippen molar-refractivity contribution in [2.75, 3.05) is 15.5 Å². The van der Waals surface area contributed by atoms with E-state index in [4.69, 9.17) is 55.9 Å². The first-order valence-electron chi connectivity index (χ1n) is 28.2. The van der Waals surface area contributed by atoms with Crippen molar-refractivity contribution >= 4 is 120 Å². The number of aromatic nitrogens is 12. The average Bonchev–Trinajstić information content (AvgIpc) is 0.786. The molecule has 0 bridgehead atoms. The third-order valence-corrected chi connectivity index (χ3v) is 13.8. The first-order chi connectivity index (χ1) is 44.3. The van der Waals surface area contributed by atoms with Gasteiger partial charge in [-0.3, -0.25) is 20.3 Å². The number of pyridine rings is 6. The van der Waals surface area contributed by atoms with E-state index >= 15 is 0 Å². The molecule has 472 valence electrons. The molecule has 3 aromatic carbocycles. The normalized spacial score (nSPS) is 11.1. The van der Waals surface area contributed by atoms with Gasteiger partial charge >= 0.3 is 12.2 Å². The van der Waals surface area contributed by atoms with Crippen LogP contribution in [0.5, 0.6) is 0 Å². The highest BCUT2D eigenvalue weighted by Crippen LogP contribution is 2.37. The Kier molecular flexibility index (Phi) is 21.3. The molecule has 0 saturated heterocycles. The topological polar surface area (TPSA) is 235 Å². The molecule has 0 aliphatic rings. The van der Waals surface area contributed by atoms with Gasteiger partial charge in [-0.2, -0.15) is 0 Å². The standard InChI is InChI=1S/C24H21ClFN5O2.C19H13ClFN5.C13H6Cl2FN3.C11H16N2O2/c1-14-13-27-11-9-19(14)31(23(32)33-24(2,3)4)22-16-6-5-10-28-20(16)29-21(30-22)17-12-15(25)7-8-18(17)26;1-11-10-22-8-6-16(11)24-18-13-3-2-7-23-17(13)25-19(26-18)14-9-12(20)4-5-15(14)21;14-7-3-4-10(16)9(6-7)13-18-11(15)8-2-1-5-17-12(8)19-13;1-8-7-12-6-5-9(8)13-10(14)15-11(2,3)4/h5-13H,1-4H3;2-10H,1H3,(H,22,23,24,25,26);1-6H;5-7H,1-4H3,(H,12,13,14). The number of fused-ring (bicyclic) bond motifs is 3. The Morgan fingerprint density at radius 3 is 1.40 bits per heavy atom. The lowest BCUT2D eigenvalue weighted by Gasteiger charge is -2.28. The van der Waals surface area contributed by atoms with E-state index in [0.717, 1.165) is 33.5 Å². The Morgan fingerprint density at radius 1 is 0.473 bits per heavy atom. The highest BCUT2D eigenvalue weighted by atomic mass is 35.5. The van der Waals surface area contributed by atoms with E-state index in [-0.39, 0.29) is 50.8 Å². The van der Waals surface area contributed by atoms with Crippen LogP contribution in [-0.4, -0.2) is 83.2 Å². The zero-order valence-corrected chi connectivity index (χ0v) is 54.2. The molecule has 0 spiro atoms. The van der Waals surface area contributed by atoms with Crippen molar-refractivity contribution in [2.45, 2.75) is 73.5 Å². The minimum Gasteiger partial charge on any atom is -0.444 e. The van der Waals surface area contributed by atoms with Crippen LogP contribution < -0.4 is 15.5 Å². The first kappa shape index (κ1) is 67.3. The predicted molar refractivity (Wildman–Crippen MR) is 357 cm³/mol. The molecule has 0 aliphatic heterocycles. The van der Waals surface area contributed by atoms with Gasteiger partial charge < -0.3 is 14.8 Å². The Labute approximate surface area is 551 Å². The minimum absolute atomic E-state index is 0.0384. The van der Waals surface area contributed by atoms with E-state index in [2.05, 4.69) is 70.4 Å². The molecular formula is C67H56Cl4F3N15O4. The van der Waals surface area contributed by atoms with Gasteiger partial charge in [-0.15, -0.1) is 0 Å². The summed E-state index contributed by atoms with van der Waals surface area (Å²) in [6.07, 6.45) is 13.6. The lowest BCUT2D eigenvalue weighted by molar-refractivity contribution is 0.0595. The molecule has 0 aliphatic carbocycles. The van der Waals surface area contributed by atoms with Crippen molar-refractivity contribution in [2.24, 2.45) is 0 Å². The van der Waals surface area contributed by atoms with Crippen molar-refractivity contribution in [3.63, 3.8) is 0 Å². The summed E-state index contributed by atoms with van der Waals surface area (Å²) in [5.74, 6) is -0.313. The van der Waals surface area contributed by atoms with Gasteiger partial charge in [0, 0.05) is 82.2 Å². The van der Waals surface area contributed by atoms with Crippen molar-refractivity contribution in [3.8, 4) is 34.2 Å². The van der Waals surface area contributed by atoms with Crippen molar-refractivity contribution in [1.29, 1.82) is 0 Å². The van der Waals surface area contributed by atoms with Gasteiger partial charge in [0.05, 0.1) is 38.5 Å². The molecule has 19 nitrogen and oxygen atoms in total.